The Morgan fingerprint density at radius 2 is 1.74 bits per heavy atom. The standard InChI is InChI=1S/C25H31NO5/c1-29-20-6-4-5-19(14-20)25(28)9-11-26(12-10-25)16-18-8-7-17-13-22(30-2)23(31-3)15-21(17)24(18)27/h4-6,13-15,18,28H,7-12,16H2,1-3H3. The molecule has 0 amide bonds. The van der Waals surface area contributed by atoms with Gasteiger partial charge in [0.1, 0.15) is 5.75 Å². The fraction of sp³-hybridized carbons (Fsp3) is 0.480. The van der Waals surface area contributed by atoms with Crippen molar-refractivity contribution in [3.05, 3.63) is 53.1 Å². The summed E-state index contributed by atoms with van der Waals surface area (Å²) in [5.74, 6) is 2.16. The van der Waals surface area contributed by atoms with Crippen LogP contribution in [0.1, 0.15) is 40.7 Å². The second-order valence-electron chi connectivity index (χ2n) is 8.53. The number of Topliss-reactive ketones (excluding diaryl/α,β-unsaturated/α-hetero) is 1. The van der Waals surface area contributed by atoms with E-state index >= 15 is 0 Å². The molecule has 0 spiro atoms. The van der Waals surface area contributed by atoms with E-state index in [9.17, 15) is 9.90 Å². The average Bonchev–Trinajstić information content (AvgIpc) is 2.81. The van der Waals surface area contributed by atoms with Crippen molar-refractivity contribution in [2.24, 2.45) is 5.92 Å². The number of fused-ring (bicyclic) bond motifs is 1. The summed E-state index contributed by atoms with van der Waals surface area (Å²) in [4.78, 5) is 15.5. The van der Waals surface area contributed by atoms with Crippen molar-refractivity contribution in [1.82, 2.24) is 4.90 Å². The lowest BCUT2D eigenvalue weighted by molar-refractivity contribution is -0.0284. The van der Waals surface area contributed by atoms with Crippen molar-refractivity contribution in [3.63, 3.8) is 0 Å². The number of carbonyl (C=O) groups excluding carboxylic acids is 1. The van der Waals surface area contributed by atoms with Gasteiger partial charge in [-0.05, 0) is 61.1 Å². The number of aliphatic hydroxyl groups is 1. The molecule has 1 aliphatic heterocycles. The van der Waals surface area contributed by atoms with Crippen LogP contribution in [0.4, 0.5) is 0 Å². The molecule has 1 aliphatic carbocycles. The highest BCUT2D eigenvalue weighted by atomic mass is 16.5. The molecule has 2 aromatic rings. The molecule has 1 N–H and O–H groups in total. The van der Waals surface area contributed by atoms with Gasteiger partial charge < -0.3 is 24.2 Å². The van der Waals surface area contributed by atoms with Crippen molar-refractivity contribution in [2.75, 3.05) is 41.0 Å². The van der Waals surface area contributed by atoms with Gasteiger partial charge in [0.25, 0.3) is 0 Å². The average molecular weight is 426 g/mol. The Bertz CT molecular complexity index is 949. The van der Waals surface area contributed by atoms with E-state index in [0.29, 0.717) is 24.3 Å². The van der Waals surface area contributed by atoms with Gasteiger partial charge in [-0.25, -0.2) is 0 Å². The maximum atomic E-state index is 13.2. The van der Waals surface area contributed by atoms with E-state index in [1.165, 1.54) is 0 Å². The minimum atomic E-state index is -0.849. The molecular weight excluding hydrogens is 394 g/mol. The molecule has 6 nitrogen and oxygen atoms in total. The number of rotatable bonds is 6. The van der Waals surface area contributed by atoms with Gasteiger partial charge in [-0.2, -0.15) is 0 Å². The van der Waals surface area contributed by atoms with Crippen molar-refractivity contribution in [3.8, 4) is 17.2 Å². The van der Waals surface area contributed by atoms with Crippen LogP contribution in [0.2, 0.25) is 0 Å². The number of aryl methyl sites for hydroxylation is 1. The van der Waals surface area contributed by atoms with Gasteiger partial charge in [0, 0.05) is 31.1 Å². The molecule has 4 rings (SSSR count). The van der Waals surface area contributed by atoms with Crippen molar-refractivity contribution >= 4 is 5.78 Å². The Hall–Kier alpha value is -2.57. The number of benzene rings is 2. The van der Waals surface area contributed by atoms with Gasteiger partial charge in [0.2, 0.25) is 0 Å². The predicted molar refractivity (Wildman–Crippen MR) is 118 cm³/mol. The molecule has 1 heterocycles. The number of ketones is 1. The van der Waals surface area contributed by atoms with Gasteiger partial charge >= 0.3 is 0 Å². The highest BCUT2D eigenvalue weighted by Gasteiger charge is 2.36. The van der Waals surface area contributed by atoms with Crippen molar-refractivity contribution in [1.29, 1.82) is 0 Å². The van der Waals surface area contributed by atoms with E-state index in [1.54, 1.807) is 21.3 Å². The maximum absolute atomic E-state index is 13.2. The molecule has 0 radical (unpaired) electrons. The molecular formula is C25H31NO5. The molecule has 1 fully saturated rings. The first kappa shape index (κ1) is 21.7. The summed E-state index contributed by atoms with van der Waals surface area (Å²) in [5, 5.41) is 11.2. The van der Waals surface area contributed by atoms with Crippen LogP contribution >= 0.6 is 0 Å². The minimum Gasteiger partial charge on any atom is -0.497 e. The number of methoxy groups -OCH3 is 3. The highest BCUT2D eigenvalue weighted by Crippen LogP contribution is 2.37. The first-order valence-electron chi connectivity index (χ1n) is 10.9. The molecule has 1 saturated heterocycles. The summed E-state index contributed by atoms with van der Waals surface area (Å²) in [6, 6.07) is 11.4. The molecule has 166 valence electrons. The number of carbonyl (C=O) groups is 1. The Morgan fingerprint density at radius 3 is 2.42 bits per heavy atom. The van der Waals surface area contributed by atoms with Gasteiger partial charge in [-0.15, -0.1) is 0 Å². The summed E-state index contributed by atoms with van der Waals surface area (Å²) >= 11 is 0. The second kappa shape index (κ2) is 8.89. The predicted octanol–water partition coefficient (Wildman–Crippen LogP) is 3.44. The lowest BCUT2D eigenvalue weighted by Crippen LogP contribution is -2.45. The summed E-state index contributed by atoms with van der Waals surface area (Å²) in [7, 11) is 4.84. The van der Waals surface area contributed by atoms with E-state index in [4.69, 9.17) is 14.2 Å². The molecule has 0 bridgehead atoms. The largest absolute Gasteiger partial charge is 0.497 e. The zero-order chi connectivity index (χ0) is 22.0. The topological polar surface area (TPSA) is 68.2 Å². The Morgan fingerprint density at radius 1 is 1.03 bits per heavy atom. The summed E-state index contributed by atoms with van der Waals surface area (Å²) in [6.45, 7) is 2.24. The smallest absolute Gasteiger partial charge is 0.167 e. The first-order chi connectivity index (χ1) is 15.0. The lowest BCUT2D eigenvalue weighted by atomic mass is 9.80. The zero-order valence-electron chi connectivity index (χ0n) is 18.5. The first-order valence-corrected chi connectivity index (χ1v) is 10.9. The van der Waals surface area contributed by atoms with E-state index in [-0.39, 0.29) is 11.7 Å². The molecule has 1 unspecified atom stereocenters. The van der Waals surface area contributed by atoms with Crippen molar-refractivity contribution in [2.45, 2.75) is 31.3 Å². The zero-order valence-corrected chi connectivity index (χ0v) is 18.5. The van der Waals surface area contributed by atoms with E-state index in [1.807, 2.05) is 36.4 Å². The Kier molecular flexibility index (Phi) is 6.21. The van der Waals surface area contributed by atoms with Crippen LogP contribution in [0.15, 0.2) is 36.4 Å². The van der Waals surface area contributed by atoms with E-state index in [2.05, 4.69) is 4.90 Å². The molecule has 0 aromatic heterocycles. The van der Waals surface area contributed by atoms with Crippen LogP contribution in [0.5, 0.6) is 17.2 Å². The number of hydrogen-bond donors (Lipinski definition) is 1. The molecule has 0 saturated carbocycles. The Balaban J connectivity index is 1.42. The van der Waals surface area contributed by atoms with Crippen LogP contribution < -0.4 is 14.2 Å². The summed E-state index contributed by atoms with van der Waals surface area (Å²) in [5.41, 5.74) is 1.83. The monoisotopic (exact) mass is 425 g/mol. The van der Waals surface area contributed by atoms with Crippen molar-refractivity contribution < 1.29 is 24.1 Å². The SMILES string of the molecule is COc1cccc(C2(O)CCN(CC3CCc4cc(OC)c(OC)cc4C3=O)CC2)c1. The number of piperidine rings is 1. The third kappa shape index (κ3) is 4.27. The highest BCUT2D eigenvalue weighted by molar-refractivity contribution is 6.01. The molecule has 31 heavy (non-hydrogen) atoms. The maximum Gasteiger partial charge on any atom is 0.167 e. The minimum absolute atomic E-state index is 0.0337. The van der Waals surface area contributed by atoms with Crippen LogP contribution in [-0.2, 0) is 12.0 Å². The molecule has 2 aliphatic rings. The number of ether oxygens (including phenoxy) is 3. The van der Waals surface area contributed by atoms with Crippen LogP contribution in [-0.4, -0.2) is 56.8 Å². The summed E-state index contributed by atoms with van der Waals surface area (Å²) in [6.07, 6.45) is 2.97. The fourth-order valence-electron chi connectivity index (χ4n) is 4.83. The normalized spacial score (nSPS) is 20.8. The quantitative estimate of drug-likeness (QED) is 0.765. The number of nitrogens with zero attached hydrogens (tertiary/aromatic N) is 1. The fourth-order valence-corrected chi connectivity index (χ4v) is 4.83. The third-order valence-electron chi connectivity index (χ3n) is 6.78. The van der Waals surface area contributed by atoms with Gasteiger partial charge in [0.05, 0.1) is 26.9 Å². The number of hydrogen-bond acceptors (Lipinski definition) is 6. The molecule has 2 aromatic carbocycles. The lowest BCUT2D eigenvalue weighted by Gasteiger charge is -2.40. The van der Waals surface area contributed by atoms with Crippen LogP contribution in [0, 0.1) is 5.92 Å². The van der Waals surface area contributed by atoms with E-state index < -0.39 is 5.60 Å². The van der Waals surface area contributed by atoms with E-state index in [0.717, 1.165) is 54.9 Å². The summed E-state index contributed by atoms with van der Waals surface area (Å²) < 4.78 is 16.1. The van der Waals surface area contributed by atoms with Crippen LogP contribution in [0.25, 0.3) is 0 Å². The van der Waals surface area contributed by atoms with Crippen LogP contribution in [0.3, 0.4) is 0 Å². The molecule has 1 atom stereocenters. The number of likely N-dealkylation sites (tertiary alicyclic amines) is 1. The van der Waals surface area contributed by atoms with Gasteiger partial charge in [-0.3, -0.25) is 4.79 Å². The molecule has 6 heteroatoms. The second-order valence-corrected chi connectivity index (χ2v) is 8.53. The third-order valence-corrected chi connectivity index (χ3v) is 6.78. The van der Waals surface area contributed by atoms with Gasteiger partial charge in [-0.1, -0.05) is 12.1 Å². The van der Waals surface area contributed by atoms with Gasteiger partial charge in [0.15, 0.2) is 17.3 Å². The Labute approximate surface area is 183 Å².